The van der Waals surface area contributed by atoms with Gasteiger partial charge in [-0.15, -0.1) is 0 Å². The van der Waals surface area contributed by atoms with E-state index in [4.69, 9.17) is 14.0 Å². The second-order valence-electron chi connectivity index (χ2n) is 5.20. The number of aryl methyl sites for hydroxylation is 1. The molecule has 2 aromatic heterocycles. The molecule has 1 fully saturated rings. The molecule has 1 N–H and O–H groups in total. The van der Waals surface area contributed by atoms with Crippen molar-refractivity contribution in [2.24, 2.45) is 7.05 Å². The SMILES string of the molecule is COc1cc(C(=O)N[C@H]2CCO[C@@H]2c2cnn(C)c2C)on1. The molecule has 0 bridgehead atoms. The summed E-state index contributed by atoms with van der Waals surface area (Å²) in [6.45, 7) is 2.56. The van der Waals surface area contributed by atoms with Gasteiger partial charge in [0.15, 0.2) is 0 Å². The first-order valence-electron chi connectivity index (χ1n) is 7.02. The number of carbonyl (C=O) groups is 1. The van der Waals surface area contributed by atoms with Gasteiger partial charge in [0.05, 0.1) is 25.4 Å². The molecule has 1 aliphatic rings. The summed E-state index contributed by atoms with van der Waals surface area (Å²) in [7, 11) is 3.34. The van der Waals surface area contributed by atoms with Crippen LogP contribution in [0.2, 0.25) is 0 Å². The number of aromatic nitrogens is 3. The van der Waals surface area contributed by atoms with Crippen LogP contribution in [0.1, 0.15) is 34.3 Å². The molecule has 8 heteroatoms. The summed E-state index contributed by atoms with van der Waals surface area (Å²) in [5.74, 6) is 0.0516. The predicted octanol–water partition coefficient (Wildman–Crippen LogP) is 0.985. The molecule has 0 unspecified atom stereocenters. The first-order chi connectivity index (χ1) is 10.6. The molecule has 0 aromatic carbocycles. The van der Waals surface area contributed by atoms with Gasteiger partial charge in [0.2, 0.25) is 5.76 Å². The fourth-order valence-electron chi connectivity index (χ4n) is 2.54. The third kappa shape index (κ3) is 2.57. The number of ether oxygens (including phenoxy) is 2. The molecule has 3 rings (SSSR count). The quantitative estimate of drug-likeness (QED) is 0.905. The molecular formula is C14H18N4O4. The largest absolute Gasteiger partial charge is 0.479 e. The predicted molar refractivity (Wildman–Crippen MR) is 75.6 cm³/mol. The van der Waals surface area contributed by atoms with Crippen molar-refractivity contribution >= 4 is 5.91 Å². The summed E-state index contributed by atoms with van der Waals surface area (Å²) in [6.07, 6.45) is 2.31. The van der Waals surface area contributed by atoms with Gasteiger partial charge in [0, 0.05) is 24.9 Å². The minimum absolute atomic E-state index is 0.116. The van der Waals surface area contributed by atoms with Crippen molar-refractivity contribution in [2.75, 3.05) is 13.7 Å². The number of nitrogens with zero attached hydrogens (tertiary/aromatic N) is 3. The van der Waals surface area contributed by atoms with E-state index < -0.39 is 0 Å². The lowest BCUT2D eigenvalue weighted by Gasteiger charge is -2.19. The van der Waals surface area contributed by atoms with Crippen LogP contribution in [0.3, 0.4) is 0 Å². The van der Waals surface area contributed by atoms with E-state index in [1.165, 1.54) is 13.2 Å². The number of nitrogens with one attached hydrogen (secondary N) is 1. The van der Waals surface area contributed by atoms with Gasteiger partial charge in [-0.1, -0.05) is 0 Å². The molecule has 0 radical (unpaired) electrons. The zero-order valence-electron chi connectivity index (χ0n) is 12.7. The molecule has 0 aliphatic carbocycles. The van der Waals surface area contributed by atoms with E-state index in [2.05, 4.69) is 15.6 Å². The van der Waals surface area contributed by atoms with E-state index in [0.29, 0.717) is 6.61 Å². The third-order valence-corrected chi connectivity index (χ3v) is 3.91. The van der Waals surface area contributed by atoms with Gasteiger partial charge in [0.25, 0.3) is 11.8 Å². The molecular weight excluding hydrogens is 288 g/mol. The molecule has 8 nitrogen and oxygen atoms in total. The molecule has 0 saturated carbocycles. The zero-order chi connectivity index (χ0) is 15.7. The van der Waals surface area contributed by atoms with Crippen LogP contribution < -0.4 is 10.1 Å². The van der Waals surface area contributed by atoms with Crippen LogP contribution in [0.25, 0.3) is 0 Å². The molecule has 118 valence electrons. The molecule has 2 aromatic rings. The Hall–Kier alpha value is -2.35. The van der Waals surface area contributed by atoms with Crippen LogP contribution in [0.15, 0.2) is 16.8 Å². The highest BCUT2D eigenvalue weighted by molar-refractivity contribution is 5.91. The van der Waals surface area contributed by atoms with Crippen LogP contribution in [-0.4, -0.2) is 40.6 Å². The van der Waals surface area contributed by atoms with E-state index in [1.807, 2.05) is 14.0 Å². The number of rotatable bonds is 4. The van der Waals surface area contributed by atoms with Gasteiger partial charge < -0.3 is 19.3 Å². The number of hydrogen-bond donors (Lipinski definition) is 1. The number of hydrogen-bond acceptors (Lipinski definition) is 6. The molecule has 1 saturated heterocycles. The van der Waals surface area contributed by atoms with Crippen LogP contribution in [0.5, 0.6) is 5.88 Å². The molecule has 1 amide bonds. The van der Waals surface area contributed by atoms with Crippen molar-refractivity contribution in [1.82, 2.24) is 20.3 Å². The average Bonchev–Trinajstić information content (AvgIpc) is 3.21. The van der Waals surface area contributed by atoms with Crippen LogP contribution in [0, 0.1) is 6.92 Å². The van der Waals surface area contributed by atoms with Crippen molar-refractivity contribution in [2.45, 2.75) is 25.5 Å². The Bertz CT molecular complexity index is 678. The number of methoxy groups -OCH3 is 1. The van der Waals surface area contributed by atoms with Gasteiger partial charge >= 0.3 is 0 Å². The zero-order valence-corrected chi connectivity index (χ0v) is 12.7. The maximum absolute atomic E-state index is 12.2. The molecule has 22 heavy (non-hydrogen) atoms. The Morgan fingerprint density at radius 3 is 3.00 bits per heavy atom. The summed E-state index contributed by atoms with van der Waals surface area (Å²) in [6, 6.07) is 1.32. The lowest BCUT2D eigenvalue weighted by atomic mass is 10.0. The normalized spacial score (nSPS) is 21.0. The second-order valence-corrected chi connectivity index (χ2v) is 5.20. The molecule has 0 spiro atoms. The standard InChI is InChI=1S/C14H18N4O4/c1-8-9(7-15-18(8)2)13-10(4-5-21-13)16-14(19)11-6-12(20-3)17-22-11/h6-7,10,13H,4-5H2,1-3H3,(H,16,19)/t10-,13+/m0/s1. The minimum Gasteiger partial charge on any atom is -0.479 e. The van der Waals surface area contributed by atoms with Gasteiger partial charge in [0.1, 0.15) is 6.10 Å². The highest BCUT2D eigenvalue weighted by atomic mass is 16.5. The van der Waals surface area contributed by atoms with Gasteiger partial charge in [-0.3, -0.25) is 9.48 Å². The van der Waals surface area contributed by atoms with Crippen LogP contribution in [-0.2, 0) is 11.8 Å². The first kappa shape index (κ1) is 14.6. The van der Waals surface area contributed by atoms with E-state index in [9.17, 15) is 4.79 Å². The lowest BCUT2D eigenvalue weighted by Crippen LogP contribution is -2.36. The summed E-state index contributed by atoms with van der Waals surface area (Å²) >= 11 is 0. The average molecular weight is 306 g/mol. The summed E-state index contributed by atoms with van der Waals surface area (Å²) in [5, 5.41) is 10.8. The van der Waals surface area contributed by atoms with Crippen molar-refractivity contribution in [1.29, 1.82) is 0 Å². The molecule has 1 aliphatic heterocycles. The summed E-state index contributed by atoms with van der Waals surface area (Å²) in [4.78, 5) is 12.2. The van der Waals surface area contributed by atoms with Crippen molar-refractivity contribution in [3.8, 4) is 5.88 Å². The maximum Gasteiger partial charge on any atom is 0.290 e. The van der Waals surface area contributed by atoms with Gasteiger partial charge in [-0.25, -0.2) is 0 Å². The first-order valence-corrected chi connectivity index (χ1v) is 7.02. The monoisotopic (exact) mass is 306 g/mol. The lowest BCUT2D eigenvalue weighted by molar-refractivity contribution is 0.0792. The second kappa shape index (κ2) is 5.80. The maximum atomic E-state index is 12.2. The Morgan fingerprint density at radius 1 is 1.55 bits per heavy atom. The Balaban J connectivity index is 1.73. The Labute approximate surface area is 127 Å². The van der Waals surface area contributed by atoms with E-state index in [0.717, 1.165) is 17.7 Å². The van der Waals surface area contributed by atoms with E-state index in [-0.39, 0.29) is 29.7 Å². The molecule has 2 atom stereocenters. The fourth-order valence-corrected chi connectivity index (χ4v) is 2.54. The fraction of sp³-hybridized carbons (Fsp3) is 0.500. The third-order valence-electron chi connectivity index (χ3n) is 3.91. The van der Waals surface area contributed by atoms with Crippen molar-refractivity contribution in [3.63, 3.8) is 0 Å². The minimum atomic E-state index is -0.335. The van der Waals surface area contributed by atoms with E-state index in [1.54, 1.807) is 10.9 Å². The topological polar surface area (TPSA) is 91.4 Å². The highest BCUT2D eigenvalue weighted by Gasteiger charge is 2.34. The Morgan fingerprint density at radius 2 is 2.36 bits per heavy atom. The number of carbonyl (C=O) groups excluding carboxylic acids is 1. The smallest absolute Gasteiger partial charge is 0.290 e. The van der Waals surface area contributed by atoms with Crippen molar-refractivity contribution in [3.05, 3.63) is 29.3 Å². The van der Waals surface area contributed by atoms with Gasteiger partial charge in [-0.2, -0.15) is 5.10 Å². The van der Waals surface area contributed by atoms with Crippen LogP contribution >= 0.6 is 0 Å². The van der Waals surface area contributed by atoms with Crippen LogP contribution in [0.4, 0.5) is 0 Å². The van der Waals surface area contributed by atoms with Gasteiger partial charge in [-0.05, 0) is 18.5 Å². The summed E-state index contributed by atoms with van der Waals surface area (Å²) in [5.41, 5.74) is 2.01. The Kier molecular flexibility index (Phi) is 3.84. The highest BCUT2D eigenvalue weighted by Crippen LogP contribution is 2.31. The molecule has 3 heterocycles. The van der Waals surface area contributed by atoms with Crippen molar-refractivity contribution < 1.29 is 18.8 Å². The summed E-state index contributed by atoms with van der Waals surface area (Å²) < 4.78 is 17.4. The number of amides is 1. The van der Waals surface area contributed by atoms with E-state index >= 15 is 0 Å².